The van der Waals surface area contributed by atoms with Gasteiger partial charge in [-0.2, -0.15) is 0 Å². The van der Waals surface area contributed by atoms with Gasteiger partial charge in [-0.05, 0) is 55.8 Å². The normalized spacial score (nSPS) is 12.5. The summed E-state index contributed by atoms with van der Waals surface area (Å²) in [6.45, 7) is 3.76. The van der Waals surface area contributed by atoms with Crippen molar-refractivity contribution < 1.29 is 8.78 Å². The zero-order valence-electron chi connectivity index (χ0n) is 11.3. The average Bonchev–Trinajstić information content (AvgIpc) is 2.35. The van der Waals surface area contributed by atoms with Crippen LogP contribution in [0.1, 0.15) is 28.3 Å². The number of halogens is 2. The van der Waals surface area contributed by atoms with Gasteiger partial charge in [0.05, 0.1) is 6.04 Å². The van der Waals surface area contributed by atoms with Gasteiger partial charge >= 0.3 is 0 Å². The van der Waals surface area contributed by atoms with Crippen molar-refractivity contribution in [1.82, 2.24) is 5.32 Å². The van der Waals surface area contributed by atoms with E-state index in [1.807, 2.05) is 19.9 Å². The minimum atomic E-state index is -0.292. The monoisotopic (exact) mass is 261 g/mol. The third-order valence-corrected chi connectivity index (χ3v) is 3.26. The predicted molar refractivity (Wildman–Crippen MR) is 73.2 cm³/mol. The van der Waals surface area contributed by atoms with Crippen LogP contribution in [0.5, 0.6) is 0 Å². The van der Waals surface area contributed by atoms with Crippen molar-refractivity contribution in [3.05, 3.63) is 70.3 Å². The highest BCUT2D eigenvalue weighted by Gasteiger charge is 2.18. The molecule has 0 aromatic heterocycles. The lowest BCUT2D eigenvalue weighted by atomic mass is 9.93. The van der Waals surface area contributed by atoms with E-state index in [0.29, 0.717) is 5.56 Å². The largest absolute Gasteiger partial charge is 0.309 e. The molecular formula is C16H17F2N. The molecule has 1 N–H and O–H groups in total. The molecule has 1 nitrogen and oxygen atoms in total. The van der Waals surface area contributed by atoms with Gasteiger partial charge in [0.25, 0.3) is 0 Å². The van der Waals surface area contributed by atoms with Crippen molar-refractivity contribution in [3.8, 4) is 0 Å². The molecule has 2 aromatic rings. The van der Waals surface area contributed by atoms with E-state index in [9.17, 15) is 8.78 Å². The van der Waals surface area contributed by atoms with E-state index in [1.54, 1.807) is 19.2 Å². The molecule has 0 saturated carbocycles. The average molecular weight is 261 g/mol. The smallest absolute Gasteiger partial charge is 0.128 e. The Kier molecular flexibility index (Phi) is 3.96. The van der Waals surface area contributed by atoms with Gasteiger partial charge in [-0.15, -0.1) is 0 Å². The molecule has 0 amide bonds. The second-order valence-corrected chi connectivity index (χ2v) is 4.75. The summed E-state index contributed by atoms with van der Waals surface area (Å²) in [7, 11) is 1.77. The maximum atomic E-state index is 14.2. The van der Waals surface area contributed by atoms with Crippen LogP contribution in [0.4, 0.5) is 8.78 Å². The van der Waals surface area contributed by atoms with E-state index in [2.05, 4.69) is 5.32 Å². The van der Waals surface area contributed by atoms with Gasteiger partial charge in [-0.25, -0.2) is 8.78 Å². The highest BCUT2D eigenvalue weighted by atomic mass is 19.1. The highest BCUT2D eigenvalue weighted by Crippen LogP contribution is 2.28. The Hall–Kier alpha value is -1.74. The van der Waals surface area contributed by atoms with E-state index < -0.39 is 0 Å². The molecule has 0 spiro atoms. The third kappa shape index (κ3) is 2.82. The topological polar surface area (TPSA) is 12.0 Å². The van der Waals surface area contributed by atoms with Gasteiger partial charge in [0.15, 0.2) is 0 Å². The molecule has 0 fully saturated rings. The van der Waals surface area contributed by atoms with E-state index in [1.165, 1.54) is 18.2 Å². The van der Waals surface area contributed by atoms with E-state index in [-0.39, 0.29) is 17.7 Å². The molecule has 100 valence electrons. The first-order chi connectivity index (χ1) is 9.02. The number of aryl methyl sites for hydroxylation is 2. The SMILES string of the molecule is CNC(c1ccc(F)cc1)c1c(C)cc(C)cc1F. The number of benzene rings is 2. The van der Waals surface area contributed by atoms with Gasteiger partial charge < -0.3 is 5.32 Å². The Balaban J connectivity index is 2.51. The third-order valence-electron chi connectivity index (χ3n) is 3.26. The summed E-state index contributed by atoms with van der Waals surface area (Å²) in [5.74, 6) is -0.527. The van der Waals surface area contributed by atoms with Crippen LogP contribution in [-0.2, 0) is 0 Å². The molecule has 1 atom stereocenters. The van der Waals surface area contributed by atoms with E-state index in [4.69, 9.17) is 0 Å². The van der Waals surface area contributed by atoms with Crippen LogP contribution >= 0.6 is 0 Å². The number of hydrogen-bond acceptors (Lipinski definition) is 1. The fourth-order valence-corrected chi connectivity index (χ4v) is 2.43. The van der Waals surface area contributed by atoms with Crippen LogP contribution in [0, 0.1) is 25.5 Å². The summed E-state index contributed by atoms with van der Waals surface area (Å²) in [4.78, 5) is 0. The van der Waals surface area contributed by atoms with Crippen LogP contribution in [0.15, 0.2) is 36.4 Å². The van der Waals surface area contributed by atoms with Crippen LogP contribution in [-0.4, -0.2) is 7.05 Å². The van der Waals surface area contributed by atoms with Gasteiger partial charge in [-0.3, -0.25) is 0 Å². The minimum absolute atomic E-state index is 0.235. The Morgan fingerprint density at radius 2 is 1.63 bits per heavy atom. The fourth-order valence-electron chi connectivity index (χ4n) is 2.43. The standard InChI is InChI=1S/C16H17F2N/c1-10-8-11(2)15(14(18)9-10)16(19-3)12-4-6-13(17)7-5-12/h4-9,16,19H,1-3H3. The molecule has 3 heteroatoms. The Morgan fingerprint density at radius 1 is 1.00 bits per heavy atom. The molecule has 0 bridgehead atoms. The second kappa shape index (κ2) is 5.49. The Morgan fingerprint density at radius 3 is 2.16 bits per heavy atom. The van der Waals surface area contributed by atoms with Crippen molar-refractivity contribution in [3.63, 3.8) is 0 Å². The summed E-state index contributed by atoms with van der Waals surface area (Å²) >= 11 is 0. The van der Waals surface area contributed by atoms with Crippen LogP contribution in [0.25, 0.3) is 0 Å². The summed E-state index contributed by atoms with van der Waals surface area (Å²) < 4.78 is 27.2. The summed E-state index contributed by atoms with van der Waals surface area (Å²) in [5.41, 5.74) is 3.24. The molecule has 0 aliphatic rings. The molecule has 2 rings (SSSR count). The molecule has 0 radical (unpaired) electrons. The summed E-state index contributed by atoms with van der Waals surface area (Å²) in [6, 6.07) is 9.33. The zero-order chi connectivity index (χ0) is 14.0. The van der Waals surface area contributed by atoms with E-state index >= 15 is 0 Å². The first kappa shape index (κ1) is 13.7. The van der Waals surface area contributed by atoms with E-state index in [0.717, 1.165) is 16.7 Å². The molecule has 0 aliphatic heterocycles. The van der Waals surface area contributed by atoms with Crippen molar-refractivity contribution >= 4 is 0 Å². The predicted octanol–water partition coefficient (Wildman–Crippen LogP) is 3.89. The quantitative estimate of drug-likeness (QED) is 0.883. The van der Waals surface area contributed by atoms with Crippen molar-refractivity contribution in [1.29, 1.82) is 0 Å². The summed E-state index contributed by atoms with van der Waals surface area (Å²) in [5, 5.41) is 3.09. The van der Waals surface area contributed by atoms with Gasteiger partial charge in [0.1, 0.15) is 11.6 Å². The first-order valence-corrected chi connectivity index (χ1v) is 6.22. The Labute approximate surface area is 112 Å². The lowest BCUT2D eigenvalue weighted by Crippen LogP contribution is -2.20. The van der Waals surface area contributed by atoms with Crippen LogP contribution in [0.3, 0.4) is 0 Å². The van der Waals surface area contributed by atoms with Gasteiger partial charge in [0, 0.05) is 5.56 Å². The molecule has 0 aliphatic carbocycles. The minimum Gasteiger partial charge on any atom is -0.309 e. The zero-order valence-corrected chi connectivity index (χ0v) is 11.3. The molecule has 2 aromatic carbocycles. The maximum Gasteiger partial charge on any atom is 0.128 e. The lowest BCUT2D eigenvalue weighted by molar-refractivity contribution is 0.571. The molecular weight excluding hydrogens is 244 g/mol. The number of rotatable bonds is 3. The molecule has 1 unspecified atom stereocenters. The fraction of sp³-hybridized carbons (Fsp3) is 0.250. The summed E-state index contributed by atoms with van der Waals surface area (Å²) in [6.07, 6.45) is 0. The maximum absolute atomic E-state index is 14.2. The lowest BCUT2D eigenvalue weighted by Gasteiger charge is -2.20. The van der Waals surface area contributed by atoms with Gasteiger partial charge in [0.2, 0.25) is 0 Å². The number of nitrogens with one attached hydrogen (secondary N) is 1. The highest BCUT2D eigenvalue weighted by molar-refractivity contribution is 5.40. The van der Waals surface area contributed by atoms with Crippen molar-refractivity contribution in [2.24, 2.45) is 0 Å². The van der Waals surface area contributed by atoms with Crippen LogP contribution in [0.2, 0.25) is 0 Å². The van der Waals surface area contributed by atoms with Crippen molar-refractivity contribution in [2.75, 3.05) is 7.05 Å². The second-order valence-electron chi connectivity index (χ2n) is 4.75. The first-order valence-electron chi connectivity index (χ1n) is 6.22. The molecule has 0 saturated heterocycles. The van der Waals surface area contributed by atoms with Crippen molar-refractivity contribution in [2.45, 2.75) is 19.9 Å². The molecule has 0 heterocycles. The van der Waals surface area contributed by atoms with Gasteiger partial charge in [-0.1, -0.05) is 18.2 Å². The number of hydrogen-bond donors (Lipinski definition) is 1. The molecule has 19 heavy (non-hydrogen) atoms. The Bertz CT molecular complexity index is 553. The van der Waals surface area contributed by atoms with Crippen LogP contribution < -0.4 is 5.32 Å².